The van der Waals surface area contributed by atoms with Crippen molar-refractivity contribution in [2.24, 2.45) is 4.99 Å². The zero-order valence-electron chi connectivity index (χ0n) is 13.2. The van der Waals surface area contributed by atoms with Gasteiger partial charge in [0.05, 0.1) is 0 Å². The molecule has 0 fully saturated rings. The molecule has 3 aliphatic rings. The Hall–Kier alpha value is -2.03. The molecule has 1 aromatic carbocycles. The molecule has 0 radical (unpaired) electrons. The van der Waals surface area contributed by atoms with Crippen molar-refractivity contribution in [3.8, 4) is 0 Å². The van der Waals surface area contributed by atoms with Gasteiger partial charge in [0, 0.05) is 43.3 Å². The Kier molecular flexibility index (Phi) is 3.58. The van der Waals surface area contributed by atoms with Gasteiger partial charge in [-0.2, -0.15) is 0 Å². The smallest absolute Gasteiger partial charge is 0.100 e. The molecule has 2 heterocycles. The van der Waals surface area contributed by atoms with Crippen LogP contribution in [0.15, 0.2) is 41.1 Å². The van der Waals surface area contributed by atoms with Crippen molar-refractivity contribution < 1.29 is 0 Å². The van der Waals surface area contributed by atoms with Crippen LogP contribution in [0.4, 0.5) is 11.4 Å². The highest BCUT2D eigenvalue weighted by molar-refractivity contribution is 5.78. The maximum atomic E-state index is 4.76. The summed E-state index contributed by atoms with van der Waals surface area (Å²) < 4.78 is 0. The Morgan fingerprint density at radius 2 is 2.19 bits per heavy atom. The number of anilines is 2. The predicted octanol–water partition coefficient (Wildman–Crippen LogP) is 3.87. The van der Waals surface area contributed by atoms with Gasteiger partial charge in [0.2, 0.25) is 0 Å². The summed E-state index contributed by atoms with van der Waals surface area (Å²) in [5.41, 5.74) is 6.61. The highest BCUT2D eigenvalue weighted by atomic mass is 15.2. The van der Waals surface area contributed by atoms with Crippen molar-refractivity contribution in [2.75, 3.05) is 24.3 Å². The summed E-state index contributed by atoms with van der Waals surface area (Å²) >= 11 is 0. The molecule has 3 heteroatoms. The number of hydrogen-bond acceptors (Lipinski definition) is 3. The van der Waals surface area contributed by atoms with E-state index in [1.165, 1.54) is 28.2 Å². The molecule has 2 aliphatic heterocycles. The number of nitrogens with one attached hydrogen (secondary N) is 1. The Morgan fingerprint density at radius 3 is 2.90 bits per heavy atom. The van der Waals surface area contributed by atoms with Crippen LogP contribution in [0.2, 0.25) is 0 Å². The fourth-order valence-corrected chi connectivity index (χ4v) is 3.34. The summed E-state index contributed by atoms with van der Waals surface area (Å²) in [5.74, 6) is 0.422. The van der Waals surface area contributed by atoms with Crippen LogP contribution in [0.3, 0.4) is 0 Å². The number of nitrogens with zero attached hydrogens (tertiary/aromatic N) is 2. The number of benzene rings is 1. The average Bonchev–Trinajstić information content (AvgIpc) is 2.47. The van der Waals surface area contributed by atoms with Crippen LogP contribution in [0, 0.1) is 6.92 Å². The van der Waals surface area contributed by atoms with Gasteiger partial charge < -0.3 is 10.2 Å². The lowest BCUT2D eigenvalue weighted by molar-refractivity contribution is 0.574. The first-order valence-corrected chi connectivity index (χ1v) is 7.64. The van der Waals surface area contributed by atoms with Gasteiger partial charge in [-0.1, -0.05) is 19.1 Å². The molecule has 2 atom stereocenters. The molecule has 2 bridgehead atoms. The summed E-state index contributed by atoms with van der Waals surface area (Å²) in [6.07, 6.45) is 9.53. The van der Waals surface area contributed by atoms with E-state index in [4.69, 9.17) is 4.99 Å². The fourth-order valence-electron chi connectivity index (χ4n) is 3.34. The molecule has 1 aliphatic carbocycles. The van der Waals surface area contributed by atoms with Crippen molar-refractivity contribution in [1.29, 1.82) is 0 Å². The second-order valence-corrected chi connectivity index (χ2v) is 5.68. The average molecular weight is 281 g/mol. The quantitative estimate of drug-likeness (QED) is 0.848. The summed E-state index contributed by atoms with van der Waals surface area (Å²) in [7, 11) is 4.12. The second-order valence-electron chi connectivity index (χ2n) is 5.68. The number of rotatable bonds is 4. The first-order chi connectivity index (χ1) is 10.2. The molecule has 0 saturated heterocycles. The highest BCUT2D eigenvalue weighted by Crippen LogP contribution is 2.51. The van der Waals surface area contributed by atoms with Crippen LogP contribution in [-0.4, -0.2) is 26.4 Å². The first-order valence-electron chi connectivity index (χ1n) is 7.64. The Morgan fingerprint density at radius 1 is 1.38 bits per heavy atom. The maximum absolute atomic E-state index is 4.76. The van der Waals surface area contributed by atoms with Crippen molar-refractivity contribution in [3.63, 3.8) is 0 Å². The van der Waals surface area contributed by atoms with Gasteiger partial charge in [0.1, 0.15) is 6.04 Å². The van der Waals surface area contributed by atoms with Gasteiger partial charge in [-0.05, 0) is 42.7 Å². The molecule has 0 amide bonds. The minimum Gasteiger partial charge on any atom is -0.388 e. The van der Waals surface area contributed by atoms with Gasteiger partial charge in [-0.3, -0.25) is 4.99 Å². The molecule has 1 unspecified atom stereocenters. The summed E-state index contributed by atoms with van der Waals surface area (Å²) in [4.78, 5) is 7.04. The SMILES string of the molecule is CC/C=C\C=N[C@@H]1C2=CC1c1c(ccc(NC)c1C)N2C. The molecule has 21 heavy (non-hydrogen) atoms. The fraction of sp³-hybridized carbons (Fsp3) is 0.389. The zero-order chi connectivity index (χ0) is 15.0. The third kappa shape index (κ3) is 2.08. The third-order valence-electron chi connectivity index (χ3n) is 4.54. The molecule has 4 rings (SSSR count). The topological polar surface area (TPSA) is 27.6 Å². The van der Waals surface area contributed by atoms with E-state index in [2.05, 4.69) is 55.4 Å². The summed E-state index contributed by atoms with van der Waals surface area (Å²) in [6.45, 7) is 4.34. The molecule has 3 nitrogen and oxygen atoms in total. The van der Waals surface area contributed by atoms with Crippen molar-refractivity contribution in [3.05, 3.63) is 47.2 Å². The normalized spacial score (nSPS) is 23.2. The molecule has 1 aromatic rings. The molecule has 0 aromatic heterocycles. The van der Waals surface area contributed by atoms with E-state index in [-0.39, 0.29) is 6.04 Å². The van der Waals surface area contributed by atoms with Gasteiger partial charge in [-0.25, -0.2) is 0 Å². The molecule has 0 spiro atoms. The van der Waals surface area contributed by atoms with Crippen LogP contribution >= 0.6 is 0 Å². The van der Waals surface area contributed by atoms with E-state index in [0.29, 0.717) is 5.92 Å². The Labute approximate surface area is 127 Å². The molecule has 1 N–H and O–H groups in total. The third-order valence-corrected chi connectivity index (χ3v) is 4.54. The van der Waals surface area contributed by atoms with Crippen LogP contribution in [0.1, 0.15) is 30.4 Å². The summed E-state index contributed by atoms with van der Waals surface area (Å²) in [5, 5.41) is 3.28. The van der Waals surface area contributed by atoms with Crippen LogP contribution in [0.25, 0.3) is 0 Å². The van der Waals surface area contributed by atoms with E-state index >= 15 is 0 Å². The number of aliphatic imine (C=N–C) groups is 1. The van der Waals surface area contributed by atoms with E-state index in [1.54, 1.807) is 0 Å². The monoisotopic (exact) mass is 281 g/mol. The van der Waals surface area contributed by atoms with Crippen molar-refractivity contribution in [2.45, 2.75) is 32.2 Å². The van der Waals surface area contributed by atoms with Gasteiger partial charge >= 0.3 is 0 Å². The zero-order valence-corrected chi connectivity index (χ0v) is 13.2. The lowest BCUT2D eigenvalue weighted by Gasteiger charge is -2.47. The maximum Gasteiger partial charge on any atom is 0.100 e. The van der Waals surface area contributed by atoms with E-state index in [9.17, 15) is 0 Å². The lowest BCUT2D eigenvalue weighted by Crippen LogP contribution is -2.43. The van der Waals surface area contributed by atoms with Crippen molar-refractivity contribution in [1.82, 2.24) is 0 Å². The van der Waals surface area contributed by atoms with Crippen molar-refractivity contribution >= 4 is 17.6 Å². The lowest BCUT2D eigenvalue weighted by atomic mass is 9.73. The van der Waals surface area contributed by atoms with Gasteiger partial charge in [0.15, 0.2) is 0 Å². The predicted molar refractivity (Wildman–Crippen MR) is 91.7 cm³/mol. The van der Waals surface area contributed by atoms with Gasteiger partial charge in [-0.15, -0.1) is 0 Å². The van der Waals surface area contributed by atoms with E-state index < -0.39 is 0 Å². The van der Waals surface area contributed by atoms with Gasteiger partial charge in [0.25, 0.3) is 0 Å². The first kappa shape index (κ1) is 13.9. The molecular formula is C18H23N3. The molecule has 0 saturated carbocycles. The minimum absolute atomic E-state index is 0.273. The minimum atomic E-state index is 0.273. The number of hydrogen-bond donors (Lipinski definition) is 1. The Bertz CT molecular complexity index is 640. The Balaban J connectivity index is 1.96. The highest BCUT2D eigenvalue weighted by Gasteiger charge is 2.43. The summed E-state index contributed by atoms with van der Waals surface area (Å²) in [6, 6.07) is 4.65. The van der Waals surface area contributed by atoms with Crippen LogP contribution in [-0.2, 0) is 0 Å². The van der Waals surface area contributed by atoms with Crippen LogP contribution < -0.4 is 10.2 Å². The standard InChI is InChI=1S/C18H23N3/c1-5-6-7-10-20-18-13-11-16(18)21(4)15-9-8-14(19-3)12(2)17(13)15/h6-11,13,18-19H,5H2,1-4H3/b7-6-,20-10?/t13?,18-/m0/s1. The van der Waals surface area contributed by atoms with E-state index in [0.717, 1.165) is 6.42 Å². The largest absolute Gasteiger partial charge is 0.388 e. The number of allylic oxidation sites excluding steroid dienone is 2. The molecule has 110 valence electrons. The van der Waals surface area contributed by atoms with Crippen LogP contribution in [0.5, 0.6) is 0 Å². The molecular weight excluding hydrogens is 258 g/mol. The second kappa shape index (κ2) is 5.40. The van der Waals surface area contributed by atoms with E-state index in [1.807, 2.05) is 19.3 Å². The number of likely N-dealkylation sites (N-methyl/N-ethyl adjacent to an activating group) is 1.